The Morgan fingerprint density at radius 2 is 2.50 bits per heavy atom. The maximum Gasteiger partial charge on any atom is 0.251 e. The molecule has 98 valence electrons. The molecular formula is C13H18ClN3O. The molecule has 1 atom stereocenters. The molecule has 0 radical (unpaired) electrons. The van der Waals surface area contributed by atoms with Crippen LogP contribution in [0.3, 0.4) is 0 Å². The Balaban J connectivity index is 1.82. The molecule has 0 saturated carbocycles. The van der Waals surface area contributed by atoms with Crippen molar-refractivity contribution in [2.24, 2.45) is 5.92 Å². The van der Waals surface area contributed by atoms with Gasteiger partial charge in [0.2, 0.25) is 0 Å². The molecule has 1 unspecified atom stereocenters. The van der Waals surface area contributed by atoms with Crippen molar-refractivity contribution < 1.29 is 4.79 Å². The molecule has 2 rings (SSSR count). The molecule has 2 heterocycles. The van der Waals surface area contributed by atoms with E-state index in [-0.39, 0.29) is 5.91 Å². The van der Waals surface area contributed by atoms with E-state index in [1.54, 1.807) is 18.3 Å². The Kier molecular flexibility index (Phi) is 4.55. The lowest BCUT2D eigenvalue weighted by molar-refractivity contribution is 0.0947. The zero-order valence-electron chi connectivity index (χ0n) is 10.5. The molecular weight excluding hydrogens is 250 g/mol. The van der Waals surface area contributed by atoms with Crippen molar-refractivity contribution in [1.82, 2.24) is 15.2 Å². The second-order valence-electron chi connectivity index (χ2n) is 4.63. The molecule has 5 heteroatoms. The molecule has 0 aliphatic carbocycles. The molecule has 1 fully saturated rings. The van der Waals surface area contributed by atoms with Gasteiger partial charge >= 0.3 is 0 Å². The number of aromatic nitrogens is 1. The van der Waals surface area contributed by atoms with E-state index in [1.807, 2.05) is 0 Å². The van der Waals surface area contributed by atoms with Gasteiger partial charge in [-0.15, -0.1) is 0 Å². The molecule has 18 heavy (non-hydrogen) atoms. The number of nitrogens with one attached hydrogen (secondary N) is 1. The number of halogens is 1. The second-order valence-corrected chi connectivity index (χ2v) is 5.01. The van der Waals surface area contributed by atoms with Gasteiger partial charge in [0, 0.05) is 24.8 Å². The second kappa shape index (κ2) is 6.16. The standard InChI is InChI=1S/C13H18ClN3O/c1-2-17-6-4-10(9-17)8-16-13(18)11-3-5-15-12(14)7-11/h3,5,7,10H,2,4,6,8-9H2,1H3,(H,16,18). The average Bonchev–Trinajstić information content (AvgIpc) is 2.84. The smallest absolute Gasteiger partial charge is 0.251 e. The summed E-state index contributed by atoms with van der Waals surface area (Å²) in [7, 11) is 0. The zero-order chi connectivity index (χ0) is 13.0. The van der Waals surface area contributed by atoms with E-state index in [9.17, 15) is 4.79 Å². The number of hydrogen-bond donors (Lipinski definition) is 1. The van der Waals surface area contributed by atoms with Crippen LogP contribution in [0.25, 0.3) is 0 Å². The van der Waals surface area contributed by atoms with Crippen molar-refractivity contribution in [3.05, 3.63) is 29.0 Å². The minimum atomic E-state index is -0.0748. The molecule has 1 aliphatic heterocycles. The minimum Gasteiger partial charge on any atom is -0.352 e. The molecule has 1 aromatic rings. The fourth-order valence-electron chi connectivity index (χ4n) is 2.25. The summed E-state index contributed by atoms with van der Waals surface area (Å²) in [5.74, 6) is 0.487. The molecule has 4 nitrogen and oxygen atoms in total. The maximum atomic E-state index is 11.9. The van der Waals surface area contributed by atoms with Crippen LogP contribution in [-0.2, 0) is 0 Å². The molecule has 1 amide bonds. The highest BCUT2D eigenvalue weighted by atomic mass is 35.5. The topological polar surface area (TPSA) is 45.2 Å². The average molecular weight is 268 g/mol. The Labute approximate surface area is 112 Å². The number of carbonyl (C=O) groups is 1. The third kappa shape index (κ3) is 3.43. The van der Waals surface area contributed by atoms with Crippen LogP contribution < -0.4 is 5.32 Å². The molecule has 0 spiro atoms. The molecule has 1 N–H and O–H groups in total. The first-order chi connectivity index (χ1) is 8.69. The van der Waals surface area contributed by atoms with Crippen molar-refractivity contribution in [2.45, 2.75) is 13.3 Å². The van der Waals surface area contributed by atoms with Gasteiger partial charge in [-0.1, -0.05) is 18.5 Å². The maximum absolute atomic E-state index is 11.9. The highest BCUT2D eigenvalue weighted by Gasteiger charge is 2.21. The van der Waals surface area contributed by atoms with E-state index in [2.05, 4.69) is 22.1 Å². The van der Waals surface area contributed by atoms with E-state index in [4.69, 9.17) is 11.6 Å². The van der Waals surface area contributed by atoms with E-state index in [0.717, 1.165) is 32.6 Å². The van der Waals surface area contributed by atoms with E-state index in [1.165, 1.54) is 0 Å². The van der Waals surface area contributed by atoms with Crippen LogP contribution in [0.2, 0.25) is 5.15 Å². The fraction of sp³-hybridized carbons (Fsp3) is 0.538. The SMILES string of the molecule is CCN1CCC(CNC(=O)c2ccnc(Cl)c2)C1. The summed E-state index contributed by atoms with van der Waals surface area (Å²) in [6.07, 6.45) is 2.71. The lowest BCUT2D eigenvalue weighted by Crippen LogP contribution is -2.31. The normalized spacial score (nSPS) is 20.0. The van der Waals surface area contributed by atoms with Crippen LogP contribution in [-0.4, -0.2) is 42.0 Å². The van der Waals surface area contributed by atoms with E-state index < -0.39 is 0 Å². The number of pyridine rings is 1. The van der Waals surface area contributed by atoms with Gasteiger partial charge in [-0.25, -0.2) is 4.98 Å². The highest BCUT2D eigenvalue weighted by Crippen LogP contribution is 2.15. The number of nitrogens with zero attached hydrogens (tertiary/aromatic N) is 2. The lowest BCUT2D eigenvalue weighted by Gasteiger charge is -2.13. The molecule has 1 saturated heterocycles. The van der Waals surface area contributed by atoms with E-state index in [0.29, 0.717) is 16.6 Å². The van der Waals surface area contributed by atoms with Gasteiger partial charge in [0.15, 0.2) is 0 Å². The third-order valence-electron chi connectivity index (χ3n) is 3.36. The third-order valence-corrected chi connectivity index (χ3v) is 3.56. The number of rotatable bonds is 4. The lowest BCUT2D eigenvalue weighted by atomic mass is 10.1. The number of likely N-dealkylation sites (tertiary alicyclic amines) is 1. The Bertz CT molecular complexity index is 424. The Morgan fingerprint density at radius 1 is 1.67 bits per heavy atom. The first-order valence-corrected chi connectivity index (χ1v) is 6.69. The molecule has 1 aliphatic rings. The van der Waals surface area contributed by atoms with Crippen molar-refractivity contribution >= 4 is 17.5 Å². The summed E-state index contributed by atoms with van der Waals surface area (Å²) >= 11 is 5.76. The predicted octanol–water partition coefficient (Wildman–Crippen LogP) is 1.81. The van der Waals surface area contributed by atoms with Gasteiger partial charge < -0.3 is 10.2 Å². The van der Waals surface area contributed by atoms with Gasteiger partial charge in [-0.2, -0.15) is 0 Å². The van der Waals surface area contributed by atoms with Crippen LogP contribution in [0.5, 0.6) is 0 Å². The van der Waals surface area contributed by atoms with Crippen LogP contribution in [0.15, 0.2) is 18.3 Å². The van der Waals surface area contributed by atoms with E-state index >= 15 is 0 Å². The fourth-order valence-corrected chi connectivity index (χ4v) is 2.42. The van der Waals surface area contributed by atoms with Crippen molar-refractivity contribution in [3.63, 3.8) is 0 Å². The van der Waals surface area contributed by atoms with Crippen molar-refractivity contribution in [1.29, 1.82) is 0 Å². The molecule has 0 bridgehead atoms. The summed E-state index contributed by atoms with van der Waals surface area (Å²) in [4.78, 5) is 18.2. The zero-order valence-corrected chi connectivity index (χ0v) is 11.3. The van der Waals surface area contributed by atoms with Gasteiger partial charge in [-0.05, 0) is 37.6 Å². The van der Waals surface area contributed by atoms with Crippen LogP contribution in [0.1, 0.15) is 23.7 Å². The summed E-state index contributed by atoms with van der Waals surface area (Å²) < 4.78 is 0. The largest absolute Gasteiger partial charge is 0.352 e. The van der Waals surface area contributed by atoms with Crippen LogP contribution >= 0.6 is 11.6 Å². The van der Waals surface area contributed by atoms with Gasteiger partial charge in [-0.3, -0.25) is 4.79 Å². The minimum absolute atomic E-state index is 0.0748. The highest BCUT2D eigenvalue weighted by molar-refractivity contribution is 6.29. The summed E-state index contributed by atoms with van der Waals surface area (Å²) in [5, 5.41) is 3.31. The van der Waals surface area contributed by atoms with Crippen LogP contribution in [0.4, 0.5) is 0 Å². The number of carbonyl (C=O) groups excluding carboxylic acids is 1. The van der Waals surface area contributed by atoms with Gasteiger partial charge in [0.1, 0.15) is 5.15 Å². The number of hydrogen-bond acceptors (Lipinski definition) is 3. The first-order valence-electron chi connectivity index (χ1n) is 6.31. The van der Waals surface area contributed by atoms with Gasteiger partial charge in [0.05, 0.1) is 0 Å². The Morgan fingerprint density at radius 3 is 3.17 bits per heavy atom. The summed E-state index contributed by atoms with van der Waals surface area (Å²) in [5.41, 5.74) is 0.570. The summed E-state index contributed by atoms with van der Waals surface area (Å²) in [6, 6.07) is 3.26. The quantitative estimate of drug-likeness (QED) is 0.847. The Hall–Kier alpha value is -1.13. The summed E-state index contributed by atoms with van der Waals surface area (Å²) in [6.45, 7) is 6.20. The van der Waals surface area contributed by atoms with Crippen LogP contribution in [0, 0.1) is 5.92 Å². The monoisotopic (exact) mass is 267 g/mol. The van der Waals surface area contributed by atoms with Gasteiger partial charge in [0.25, 0.3) is 5.91 Å². The molecule has 0 aromatic carbocycles. The predicted molar refractivity (Wildman–Crippen MR) is 71.8 cm³/mol. The van der Waals surface area contributed by atoms with Crippen molar-refractivity contribution in [2.75, 3.05) is 26.2 Å². The van der Waals surface area contributed by atoms with Crippen molar-refractivity contribution in [3.8, 4) is 0 Å². The molecule has 1 aromatic heterocycles. The number of amides is 1. The first kappa shape index (κ1) is 13.3.